The first-order valence-corrected chi connectivity index (χ1v) is 7.88. The molecule has 1 aliphatic heterocycles. The van der Waals surface area contributed by atoms with E-state index in [9.17, 15) is 0 Å². The molecular weight excluding hydrogens is 318 g/mol. The van der Waals surface area contributed by atoms with E-state index in [4.69, 9.17) is 9.47 Å². The Balaban J connectivity index is 1.53. The molecule has 1 aromatic heterocycles. The fourth-order valence-electron chi connectivity index (χ4n) is 2.61. The number of aromatic nitrogens is 3. The van der Waals surface area contributed by atoms with Crippen LogP contribution < -0.4 is 20.1 Å². The third-order valence-corrected chi connectivity index (χ3v) is 3.83. The van der Waals surface area contributed by atoms with Crippen molar-refractivity contribution in [3.63, 3.8) is 0 Å². The van der Waals surface area contributed by atoms with Crippen LogP contribution >= 0.6 is 0 Å². The monoisotopic (exact) mass is 335 g/mol. The van der Waals surface area contributed by atoms with Gasteiger partial charge in [0.1, 0.15) is 0 Å². The van der Waals surface area contributed by atoms with Gasteiger partial charge in [-0.15, -0.1) is 5.10 Å². The van der Waals surface area contributed by atoms with Gasteiger partial charge in [-0.1, -0.05) is 17.7 Å². The predicted octanol–water partition coefficient (Wildman–Crippen LogP) is 3.70. The molecule has 0 saturated carbocycles. The largest absolute Gasteiger partial charge is 0.454 e. The number of fused-ring (bicyclic) bond motifs is 1. The van der Waals surface area contributed by atoms with Gasteiger partial charge < -0.3 is 20.1 Å². The number of nitrogens with one attached hydrogen (secondary N) is 2. The molecule has 7 heteroatoms. The highest BCUT2D eigenvalue weighted by molar-refractivity contribution is 5.63. The number of benzene rings is 2. The summed E-state index contributed by atoms with van der Waals surface area (Å²) < 4.78 is 10.7. The first-order valence-electron chi connectivity index (χ1n) is 7.88. The van der Waals surface area contributed by atoms with Crippen LogP contribution in [0.3, 0.4) is 0 Å². The van der Waals surface area contributed by atoms with Crippen LogP contribution in [0.2, 0.25) is 0 Å². The summed E-state index contributed by atoms with van der Waals surface area (Å²) in [5.41, 5.74) is 4.12. The maximum absolute atomic E-state index is 5.38. The van der Waals surface area contributed by atoms with E-state index in [1.807, 2.05) is 37.3 Å². The second kappa shape index (κ2) is 6.27. The van der Waals surface area contributed by atoms with E-state index >= 15 is 0 Å². The molecule has 3 aromatic rings. The molecule has 7 nitrogen and oxygen atoms in total. The van der Waals surface area contributed by atoms with Gasteiger partial charge in [-0.3, -0.25) is 0 Å². The molecule has 126 valence electrons. The van der Waals surface area contributed by atoms with Gasteiger partial charge in [0.05, 0.1) is 6.20 Å². The zero-order valence-corrected chi connectivity index (χ0v) is 13.9. The molecule has 1 aliphatic rings. The quantitative estimate of drug-likeness (QED) is 0.752. The number of hydrogen-bond acceptors (Lipinski definition) is 7. The second-order valence-corrected chi connectivity index (χ2v) is 5.80. The van der Waals surface area contributed by atoms with Gasteiger partial charge in [0.15, 0.2) is 17.3 Å². The Hall–Kier alpha value is -3.35. The first-order chi connectivity index (χ1) is 12.2. The van der Waals surface area contributed by atoms with Gasteiger partial charge in [0.25, 0.3) is 0 Å². The Kier molecular flexibility index (Phi) is 3.81. The third kappa shape index (κ3) is 3.30. The number of aryl methyl sites for hydroxylation is 2. The van der Waals surface area contributed by atoms with Crippen molar-refractivity contribution >= 4 is 23.1 Å². The summed E-state index contributed by atoms with van der Waals surface area (Å²) in [7, 11) is 0. The van der Waals surface area contributed by atoms with Gasteiger partial charge in [-0.25, -0.2) is 0 Å². The van der Waals surface area contributed by atoms with Crippen LogP contribution in [0.5, 0.6) is 11.5 Å². The minimum atomic E-state index is 0.248. The topological polar surface area (TPSA) is 81.2 Å². The van der Waals surface area contributed by atoms with E-state index in [1.165, 1.54) is 5.56 Å². The normalized spacial score (nSPS) is 12.1. The lowest BCUT2D eigenvalue weighted by atomic mass is 10.1. The van der Waals surface area contributed by atoms with E-state index in [-0.39, 0.29) is 6.79 Å². The summed E-state index contributed by atoms with van der Waals surface area (Å²) in [5, 5.41) is 14.4. The van der Waals surface area contributed by atoms with E-state index in [0.717, 1.165) is 22.7 Å². The molecule has 0 spiro atoms. The average molecular weight is 335 g/mol. The Morgan fingerprint density at radius 1 is 0.960 bits per heavy atom. The van der Waals surface area contributed by atoms with Crippen molar-refractivity contribution in [2.24, 2.45) is 0 Å². The van der Waals surface area contributed by atoms with Crippen molar-refractivity contribution in [3.05, 3.63) is 53.7 Å². The van der Waals surface area contributed by atoms with Crippen molar-refractivity contribution < 1.29 is 9.47 Å². The van der Waals surface area contributed by atoms with Gasteiger partial charge >= 0.3 is 0 Å². The van der Waals surface area contributed by atoms with Gasteiger partial charge in [-0.05, 0) is 37.6 Å². The molecule has 2 heterocycles. The summed E-state index contributed by atoms with van der Waals surface area (Å²) in [6, 6.07) is 11.8. The lowest BCUT2D eigenvalue weighted by molar-refractivity contribution is 0.174. The zero-order chi connectivity index (χ0) is 17.2. The fraction of sp³-hybridized carbons (Fsp3) is 0.167. The fourth-order valence-corrected chi connectivity index (χ4v) is 2.61. The summed E-state index contributed by atoms with van der Waals surface area (Å²) in [4.78, 5) is 4.45. The van der Waals surface area contributed by atoms with Crippen LogP contribution in [0.15, 0.2) is 42.6 Å². The summed E-state index contributed by atoms with van der Waals surface area (Å²) in [6.45, 7) is 4.35. The highest BCUT2D eigenvalue weighted by Gasteiger charge is 2.13. The molecule has 0 fully saturated rings. The smallest absolute Gasteiger partial charge is 0.249 e. The summed E-state index contributed by atoms with van der Waals surface area (Å²) in [5.74, 6) is 2.46. The maximum Gasteiger partial charge on any atom is 0.249 e. The number of ether oxygens (including phenoxy) is 2. The molecule has 0 saturated heterocycles. The predicted molar refractivity (Wildman–Crippen MR) is 94.9 cm³/mol. The molecule has 0 atom stereocenters. The minimum absolute atomic E-state index is 0.248. The number of hydrogen-bond donors (Lipinski definition) is 2. The first kappa shape index (κ1) is 15.2. The molecule has 0 bridgehead atoms. The van der Waals surface area contributed by atoms with Crippen LogP contribution in [0.4, 0.5) is 23.1 Å². The second-order valence-electron chi connectivity index (χ2n) is 5.80. The Morgan fingerprint density at radius 3 is 2.72 bits per heavy atom. The van der Waals surface area contributed by atoms with Crippen LogP contribution in [0.25, 0.3) is 0 Å². The van der Waals surface area contributed by atoms with Crippen LogP contribution in [0.1, 0.15) is 11.1 Å². The molecule has 2 N–H and O–H groups in total. The van der Waals surface area contributed by atoms with Gasteiger partial charge in [0.2, 0.25) is 12.7 Å². The summed E-state index contributed by atoms with van der Waals surface area (Å²) >= 11 is 0. The van der Waals surface area contributed by atoms with Crippen molar-refractivity contribution in [1.29, 1.82) is 0 Å². The molecule has 0 radical (unpaired) electrons. The SMILES string of the molecule is Cc1ccc(Nc2nncc(Nc3ccc4c(c3)OCO4)n2)c(C)c1. The molecule has 4 rings (SSSR count). The molecule has 25 heavy (non-hydrogen) atoms. The number of anilines is 4. The van der Waals surface area contributed by atoms with Crippen molar-refractivity contribution in [3.8, 4) is 11.5 Å². The molecule has 0 amide bonds. The molecule has 2 aromatic carbocycles. The lowest BCUT2D eigenvalue weighted by Gasteiger charge is -2.10. The standard InChI is InChI=1S/C18H17N5O2/c1-11-3-5-14(12(2)7-11)21-18-22-17(9-19-23-18)20-13-4-6-15-16(8-13)25-10-24-15/h3-9H,10H2,1-2H3,(H2,20,21,22,23). The molecule has 0 unspecified atom stereocenters. The third-order valence-electron chi connectivity index (χ3n) is 3.83. The van der Waals surface area contributed by atoms with Crippen molar-refractivity contribution in [2.75, 3.05) is 17.4 Å². The minimum Gasteiger partial charge on any atom is -0.454 e. The van der Waals surface area contributed by atoms with E-state index in [0.29, 0.717) is 17.5 Å². The van der Waals surface area contributed by atoms with Crippen LogP contribution in [0, 0.1) is 13.8 Å². The van der Waals surface area contributed by atoms with E-state index in [1.54, 1.807) is 6.20 Å². The lowest BCUT2D eigenvalue weighted by Crippen LogP contribution is -2.03. The van der Waals surface area contributed by atoms with Crippen molar-refractivity contribution in [1.82, 2.24) is 15.2 Å². The number of rotatable bonds is 4. The van der Waals surface area contributed by atoms with E-state index < -0.39 is 0 Å². The zero-order valence-electron chi connectivity index (χ0n) is 13.9. The molecule has 0 aliphatic carbocycles. The van der Waals surface area contributed by atoms with Gasteiger partial charge in [0, 0.05) is 17.4 Å². The van der Waals surface area contributed by atoms with E-state index in [2.05, 4.69) is 38.8 Å². The Bertz CT molecular complexity index is 929. The van der Waals surface area contributed by atoms with Crippen LogP contribution in [-0.4, -0.2) is 22.0 Å². The number of nitrogens with zero attached hydrogens (tertiary/aromatic N) is 3. The Morgan fingerprint density at radius 2 is 1.84 bits per heavy atom. The maximum atomic E-state index is 5.38. The summed E-state index contributed by atoms with van der Waals surface area (Å²) in [6.07, 6.45) is 1.57. The average Bonchev–Trinajstić information content (AvgIpc) is 3.05. The molecular formula is C18H17N5O2. The Labute approximate surface area is 145 Å². The van der Waals surface area contributed by atoms with Crippen molar-refractivity contribution in [2.45, 2.75) is 13.8 Å². The highest BCUT2D eigenvalue weighted by Crippen LogP contribution is 2.34. The van der Waals surface area contributed by atoms with Crippen LogP contribution in [-0.2, 0) is 0 Å². The highest BCUT2D eigenvalue weighted by atomic mass is 16.7. The van der Waals surface area contributed by atoms with Gasteiger partial charge in [-0.2, -0.15) is 10.1 Å².